The third kappa shape index (κ3) is 4.23. The molecule has 5 nitrogen and oxygen atoms in total. The molecular weight excluding hydrogens is 353 g/mol. The molecule has 3 aromatic rings. The highest BCUT2D eigenvalue weighted by Crippen LogP contribution is 2.25. The molecule has 0 aliphatic heterocycles. The summed E-state index contributed by atoms with van der Waals surface area (Å²) < 4.78 is 20.0. The number of thioether (sulfide) groups is 1. The molecule has 0 bridgehead atoms. The number of amides is 1. The zero-order valence-corrected chi connectivity index (χ0v) is 15.2. The van der Waals surface area contributed by atoms with Crippen LogP contribution in [0.5, 0.6) is 5.75 Å². The quantitative estimate of drug-likeness (QED) is 0.666. The van der Waals surface area contributed by atoms with E-state index >= 15 is 0 Å². The Labute approximate surface area is 155 Å². The van der Waals surface area contributed by atoms with E-state index in [-0.39, 0.29) is 17.5 Å². The zero-order chi connectivity index (χ0) is 18.5. The molecule has 0 spiro atoms. The number of imidazole rings is 1. The zero-order valence-electron chi connectivity index (χ0n) is 14.4. The standard InChI is InChI=1S/C19H18FN3O2S/c1-23-17(13-3-5-14(20)6-4-13)11-21-19(23)26-12-18(24)22-15-7-9-16(25-2)10-8-15/h3-11H,12H2,1-2H3,(H,22,24). The number of methoxy groups -OCH3 is 1. The van der Waals surface area contributed by atoms with Crippen LogP contribution in [0.1, 0.15) is 0 Å². The van der Waals surface area contributed by atoms with Gasteiger partial charge in [-0.25, -0.2) is 9.37 Å². The number of hydrogen-bond acceptors (Lipinski definition) is 4. The van der Waals surface area contributed by atoms with Crippen LogP contribution in [-0.2, 0) is 11.8 Å². The second-order valence-corrected chi connectivity index (χ2v) is 6.50. The molecule has 0 atom stereocenters. The molecule has 0 saturated carbocycles. The van der Waals surface area contributed by atoms with Gasteiger partial charge >= 0.3 is 0 Å². The molecule has 26 heavy (non-hydrogen) atoms. The van der Waals surface area contributed by atoms with Gasteiger partial charge in [-0.3, -0.25) is 4.79 Å². The van der Waals surface area contributed by atoms with Gasteiger partial charge in [0.15, 0.2) is 5.16 Å². The van der Waals surface area contributed by atoms with Crippen LogP contribution in [0, 0.1) is 5.82 Å². The van der Waals surface area contributed by atoms with Crippen LogP contribution in [0.25, 0.3) is 11.3 Å². The second-order valence-electron chi connectivity index (χ2n) is 5.56. The van der Waals surface area contributed by atoms with E-state index in [4.69, 9.17) is 4.74 Å². The first-order chi connectivity index (χ1) is 12.6. The van der Waals surface area contributed by atoms with Gasteiger partial charge in [-0.05, 0) is 54.1 Å². The van der Waals surface area contributed by atoms with Gasteiger partial charge in [0, 0.05) is 12.7 Å². The highest BCUT2D eigenvalue weighted by atomic mass is 32.2. The summed E-state index contributed by atoms with van der Waals surface area (Å²) in [7, 11) is 3.46. The van der Waals surface area contributed by atoms with Crippen molar-refractivity contribution in [2.24, 2.45) is 7.05 Å². The number of carbonyl (C=O) groups is 1. The molecule has 0 fully saturated rings. The molecule has 7 heteroatoms. The Morgan fingerprint density at radius 1 is 1.19 bits per heavy atom. The first-order valence-electron chi connectivity index (χ1n) is 7.91. The van der Waals surface area contributed by atoms with Crippen molar-refractivity contribution in [3.05, 3.63) is 60.5 Å². The minimum Gasteiger partial charge on any atom is -0.497 e. The average molecular weight is 371 g/mol. The van der Waals surface area contributed by atoms with Crippen molar-refractivity contribution in [3.63, 3.8) is 0 Å². The van der Waals surface area contributed by atoms with E-state index in [2.05, 4.69) is 10.3 Å². The molecule has 1 amide bonds. The van der Waals surface area contributed by atoms with Crippen molar-refractivity contribution in [2.75, 3.05) is 18.2 Å². The number of ether oxygens (including phenoxy) is 1. The molecule has 134 valence electrons. The van der Waals surface area contributed by atoms with Crippen molar-refractivity contribution in [2.45, 2.75) is 5.16 Å². The minimum absolute atomic E-state index is 0.119. The number of aromatic nitrogens is 2. The predicted molar refractivity (Wildman–Crippen MR) is 101 cm³/mol. The molecule has 0 saturated heterocycles. The van der Waals surface area contributed by atoms with Crippen LogP contribution in [0.15, 0.2) is 59.9 Å². The van der Waals surface area contributed by atoms with E-state index in [0.29, 0.717) is 10.8 Å². The monoisotopic (exact) mass is 371 g/mol. The number of nitrogens with one attached hydrogen (secondary N) is 1. The Balaban J connectivity index is 1.60. The molecule has 3 rings (SSSR count). The van der Waals surface area contributed by atoms with E-state index in [0.717, 1.165) is 17.0 Å². The topological polar surface area (TPSA) is 56.1 Å². The predicted octanol–water partition coefficient (Wildman–Crippen LogP) is 3.97. The molecule has 1 heterocycles. The van der Waals surface area contributed by atoms with Crippen LogP contribution in [-0.4, -0.2) is 28.3 Å². The number of halogens is 1. The van der Waals surface area contributed by atoms with Gasteiger partial charge in [0.25, 0.3) is 0 Å². The summed E-state index contributed by atoms with van der Waals surface area (Å²) in [6.45, 7) is 0. The summed E-state index contributed by atoms with van der Waals surface area (Å²) >= 11 is 1.34. The lowest BCUT2D eigenvalue weighted by molar-refractivity contribution is -0.113. The molecule has 0 radical (unpaired) electrons. The van der Waals surface area contributed by atoms with Crippen LogP contribution >= 0.6 is 11.8 Å². The van der Waals surface area contributed by atoms with Crippen LogP contribution < -0.4 is 10.1 Å². The third-order valence-electron chi connectivity index (χ3n) is 3.79. The fourth-order valence-corrected chi connectivity index (χ4v) is 3.17. The first-order valence-corrected chi connectivity index (χ1v) is 8.90. The summed E-state index contributed by atoms with van der Waals surface area (Å²) in [6, 6.07) is 13.4. The molecule has 0 unspecified atom stereocenters. The number of rotatable bonds is 6. The highest BCUT2D eigenvalue weighted by Gasteiger charge is 2.11. The molecule has 0 aliphatic rings. The first kappa shape index (κ1) is 18.0. The maximum Gasteiger partial charge on any atom is 0.234 e. The second kappa shape index (κ2) is 8.05. The lowest BCUT2D eigenvalue weighted by atomic mass is 10.2. The number of benzene rings is 2. The van der Waals surface area contributed by atoms with Crippen LogP contribution in [0.4, 0.5) is 10.1 Å². The van der Waals surface area contributed by atoms with Crippen molar-refractivity contribution in [3.8, 4) is 17.0 Å². The molecule has 2 aromatic carbocycles. The minimum atomic E-state index is -0.277. The fraction of sp³-hybridized carbons (Fsp3) is 0.158. The number of carbonyl (C=O) groups excluding carboxylic acids is 1. The van der Waals surface area contributed by atoms with Gasteiger partial charge in [0.05, 0.1) is 24.8 Å². The van der Waals surface area contributed by atoms with Crippen LogP contribution in [0.3, 0.4) is 0 Å². The lowest BCUT2D eigenvalue weighted by Crippen LogP contribution is -2.14. The lowest BCUT2D eigenvalue weighted by Gasteiger charge is -2.07. The normalized spacial score (nSPS) is 10.6. The summed E-state index contributed by atoms with van der Waals surface area (Å²) in [5, 5.41) is 3.55. The fourth-order valence-electron chi connectivity index (χ4n) is 2.42. The SMILES string of the molecule is COc1ccc(NC(=O)CSc2ncc(-c3ccc(F)cc3)n2C)cc1. The Morgan fingerprint density at radius 3 is 2.54 bits per heavy atom. The maximum atomic E-state index is 13.1. The van der Waals surface area contributed by atoms with Crippen molar-refractivity contribution in [1.82, 2.24) is 9.55 Å². The van der Waals surface area contributed by atoms with Crippen molar-refractivity contribution >= 4 is 23.4 Å². The Kier molecular flexibility index (Phi) is 5.58. The van der Waals surface area contributed by atoms with Gasteiger partial charge < -0.3 is 14.6 Å². The van der Waals surface area contributed by atoms with Crippen molar-refractivity contribution < 1.29 is 13.9 Å². The number of hydrogen-bond donors (Lipinski definition) is 1. The summed E-state index contributed by atoms with van der Waals surface area (Å²) in [5.74, 6) is 0.575. The van der Waals surface area contributed by atoms with E-state index in [1.165, 1.54) is 23.9 Å². The Bertz CT molecular complexity index is 892. The summed E-state index contributed by atoms with van der Waals surface area (Å²) in [5.41, 5.74) is 2.45. The van der Waals surface area contributed by atoms with Gasteiger partial charge in [-0.15, -0.1) is 0 Å². The largest absolute Gasteiger partial charge is 0.497 e. The summed E-state index contributed by atoms with van der Waals surface area (Å²) in [4.78, 5) is 16.5. The Hall–Kier alpha value is -2.80. The van der Waals surface area contributed by atoms with E-state index in [9.17, 15) is 9.18 Å². The van der Waals surface area contributed by atoms with Crippen LogP contribution in [0.2, 0.25) is 0 Å². The summed E-state index contributed by atoms with van der Waals surface area (Å²) in [6.07, 6.45) is 1.72. The van der Waals surface area contributed by atoms with E-state index in [1.54, 1.807) is 49.7 Å². The Morgan fingerprint density at radius 2 is 1.88 bits per heavy atom. The number of nitrogens with zero attached hydrogens (tertiary/aromatic N) is 2. The molecule has 1 N–H and O–H groups in total. The van der Waals surface area contributed by atoms with Gasteiger partial charge in [-0.1, -0.05) is 11.8 Å². The van der Waals surface area contributed by atoms with E-state index in [1.807, 2.05) is 11.6 Å². The molecule has 1 aromatic heterocycles. The van der Waals surface area contributed by atoms with Crippen molar-refractivity contribution in [1.29, 1.82) is 0 Å². The highest BCUT2D eigenvalue weighted by molar-refractivity contribution is 7.99. The van der Waals surface area contributed by atoms with E-state index < -0.39 is 0 Å². The smallest absolute Gasteiger partial charge is 0.234 e. The maximum absolute atomic E-state index is 13.1. The molecule has 0 aliphatic carbocycles. The third-order valence-corrected chi connectivity index (χ3v) is 4.84. The van der Waals surface area contributed by atoms with Gasteiger partial charge in [0.1, 0.15) is 11.6 Å². The number of anilines is 1. The van der Waals surface area contributed by atoms with Gasteiger partial charge in [0.2, 0.25) is 5.91 Å². The average Bonchev–Trinajstić information content (AvgIpc) is 3.02. The van der Waals surface area contributed by atoms with Gasteiger partial charge in [-0.2, -0.15) is 0 Å². The molecular formula is C19H18FN3O2S.